The molecule has 2 N–H and O–H groups in total. The highest BCUT2D eigenvalue weighted by atomic mass is 32.2. The highest BCUT2D eigenvalue weighted by Crippen LogP contribution is 2.21. The topological polar surface area (TPSA) is 102 Å². The predicted molar refractivity (Wildman–Crippen MR) is 77.1 cm³/mol. The number of rotatable bonds is 4. The summed E-state index contributed by atoms with van der Waals surface area (Å²) in [6, 6.07) is 2.71. The first-order valence-corrected chi connectivity index (χ1v) is 8.24. The molecule has 7 nitrogen and oxygen atoms in total. The van der Waals surface area contributed by atoms with Gasteiger partial charge < -0.3 is 10.3 Å². The van der Waals surface area contributed by atoms with Gasteiger partial charge in [-0.1, -0.05) is 6.92 Å². The fraction of sp³-hybridized carbons (Fsp3) is 0.538. The summed E-state index contributed by atoms with van der Waals surface area (Å²) in [5.74, 6) is -0.211. The Labute approximate surface area is 123 Å². The number of carbonyl (C=O) groups is 1. The average Bonchev–Trinajstić information content (AvgIpc) is 2.41. The molecule has 0 saturated carbocycles. The van der Waals surface area contributed by atoms with E-state index in [1.807, 2.05) is 0 Å². The van der Waals surface area contributed by atoms with Crippen LogP contribution in [0.5, 0.6) is 0 Å². The molecule has 0 unspecified atom stereocenters. The number of hydrogen-bond donors (Lipinski definition) is 1. The SMILES string of the molecule is CC1CCN(S(=O)(=O)c2cccn(CC(N)=O)c2=O)CC1. The zero-order valence-electron chi connectivity index (χ0n) is 11.9. The maximum Gasteiger partial charge on any atom is 0.271 e. The summed E-state index contributed by atoms with van der Waals surface area (Å²) in [6.45, 7) is 2.56. The van der Waals surface area contributed by atoms with Gasteiger partial charge in [0, 0.05) is 19.3 Å². The van der Waals surface area contributed by atoms with Crippen LogP contribution in [0.3, 0.4) is 0 Å². The van der Waals surface area contributed by atoms with Crippen LogP contribution < -0.4 is 11.3 Å². The number of sulfonamides is 1. The van der Waals surface area contributed by atoms with E-state index in [0.29, 0.717) is 19.0 Å². The van der Waals surface area contributed by atoms with Gasteiger partial charge in [-0.25, -0.2) is 8.42 Å². The third-order valence-corrected chi connectivity index (χ3v) is 5.58. The van der Waals surface area contributed by atoms with Gasteiger partial charge in [0.25, 0.3) is 5.56 Å². The van der Waals surface area contributed by atoms with Gasteiger partial charge >= 0.3 is 0 Å². The molecule has 21 heavy (non-hydrogen) atoms. The fourth-order valence-electron chi connectivity index (χ4n) is 2.37. The summed E-state index contributed by atoms with van der Waals surface area (Å²) in [7, 11) is -3.83. The molecule has 1 aliphatic heterocycles. The van der Waals surface area contributed by atoms with E-state index in [0.717, 1.165) is 17.4 Å². The lowest BCUT2D eigenvalue weighted by Crippen LogP contribution is -2.41. The number of pyridine rings is 1. The lowest BCUT2D eigenvalue weighted by atomic mass is 10.0. The van der Waals surface area contributed by atoms with Crippen LogP contribution in [0, 0.1) is 5.92 Å². The van der Waals surface area contributed by atoms with Crippen molar-refractivity contribution in [3.63, 3.8) is 0 Å². The van der Waals surface area contributed by atoms with Crippen LogP contribution in [-0.4, -0.2) is 36.3 Å². The van der Waals surface area contributed by atoms with Crippen molar-refractivity contribution in [2.45, 2.75) is 31.2 Å². The van der Waals surface area contributed by atoms with Crippen LogP contribution in [-0.2, 0) is 21.4 Å². The van der Waals surface area contributed by atoms with Gasteiger partial charge in [0.15, 0.2) is 0 Å². The largest absolute Gasteiger partial charge is 0.368 e. The van der Waals surface area contributed by atoms with E-state index in [1.54, 1.807) is 0 Å². The van der Waals surface area contributed by atoms with Crippen molar-refractivity contribution < 1.29 is 13.2 Å². The van der Waals surface area contributed by atoms with Crippen LogP contribution in [0.25, 0.3) is 0 Å². The number of carbonyl (C=O) groups excluding carboxylic acids is 1. The van der Waals surface area contributed by atoms with Gasteiger partial charge in [-0.05, 0) is 30.9 Å². The molecule has 1 saturated heterocycles. The Kier molecular flexibility index (Phi) is 4.48. The molecule has 1 aliphatic rings. The first kappa shape index (κ1) is 15.7. The van der Waals surface area contributed by atoms with Crippen LogP contribution in [0.4, 0.5) is 0 Å². The quantitative estimate of drug-likeness (QED) is 0.828. The second-order valence-corrected chi connectivity index (χ2v) is 7.26. The summed E-state index contributed by atoms with van der Waals surface area (Å²) < 4.78 is 27.4. The molecule has 0 aliphatic carbocycles. The molecule has 1 aromatic rings. The van der Waals surface area contributed by atoms with E-state index < -0.39 is 21.5 Å². The molecule has 1 aromatic heterocycles. The molecule has 0 bridgehead atoms. The second kappa shape index (κ2) is 5.98. The van der Waals surface area contributed by atoms with E-state index in [2.05, 4.69) is 6.92 Å². The molecule has 1 amide bonds. The van der Waals surface area contributed by atoms with E-state index in [1.165, 1.54) is 22.6 Å². The standard InChI is InChI=1S/C13H19N3O4S/c1-10-4-7-16(8-5-10)21(19,20)11-3-2-6-15(13(11)18)9-12(14)17/h2-3,6,10H,4-5,7-9H2,1H3,(H2,14,17). The minimum Gasteiger partial charge on any atom is -0.368 e. The Morgan fingerprint density at radius 3 is 2.57 bits per heavy atom. The van der Waals surface area contributed by atoms with Crippen molar-refractivity contribution in [1.29, 1.82) is 0 Å². The number of primary amides is 1. The molecule has 8 heteroatoms. The smallest absolute Gasteiger partial charge is 0.271 e. The second-order valence-electron chi connectivity index (χ2n) is 5.36. The first-order valence-electron chi connectivity index (χ1n) is 6.80. The summed E-state index contributed by atoms with van der Waals surface area (Å²) in [5.41, 5.74) is 4.34. The Morgan fingerprint density at radius 2 is 2.00 bits per heavy atom. The minimum absolute atomic E-state index is 0.305. The van der Waals surface area contributed by atoms with Crippen molar-refractivity contribution in [3.8, 4) is 0 Å². The Hall–Kier alpha value is -1.67. The van der Waals surface area contributed by atoms with E-state index in [9.17, 15) is 18.0 Å². The summed E-state index contributed by atoms with van der Waals surface area (Å²) in [6.07, 6.45) is 2.91. The predicted octanol–water partition coefficient (Wildman–Crippen LogP) is -0.246. The number of hydrogen-bond acceptors (Lipinski definition) is 4. The lowest BCUT2D eigenvalue weighted by Gasteiger charge is -2.29. The zero-order valence-corrected chi connectivity index (χ0v) is 12.7. The number of nitrogens with two attached hydrogens (primary N) is 1. The average molecular weight is 313 g/mol. The summed E-state index contributed by atoms with van der Waals surface area (Å²) >= 11 is 0. The first-order chi connectivity index (χ1) is 9.82. The molecular weight excluding hydrogens is 294 g/mol. The van der Waals surface area contributed by atoms with Gasteiger partial charge in [-0.15, -0.1) is 0 Å². The van der Waals surface area contributed by atoms with Crippen molar-refractivity contribution >= 4 is 15.9 Å². The van der Waals surface area contributed by atoms with Crippen LogP contribution in [0.15, 0.2) is 28.0 Å². The van der Waals surface area contributed by atoms with Gasteiger partial charge in [-0.3, -0.25) is 9.59 Å². The number of aromatic nitrogens is 1. The molecule has 2 rings (SSSR count). The molecule has 1 fully saturated rings. The molecule has 0 radical (unpaired) electrons. The van der Waals surface area contributed by atoms with Crippen molar-refractivity contribution in [1.82, 2.24) is 8.87 Å². The third kappa shape index (κ3) is 3.33. The van der Waals surface area contributed by atoms with Crippen LogP contribution >= 0.6 is 0 Å². The zero-order chi connectivity index (χ0) is 15.6. The molecule has 2 heterocycles. The lowest BCUT2D eigenvalue weighted by molar-refractivity contribution is -0.118. The van der Waals surface area contributed by atoms with E-state index in [-0.39, 0.29) is 11.4 Å². The number of piperidine rings is 1. The van der Waals surface area contributed by atoms with Crippen LogP contribution in [0.1, 0.15) is 19.8 Å². The normalized spacial score (nSPS) is 17.8. The Morgan fingerprint density at radius 1 is 1.38 bits per heavy atom. The fourth-order valence-corrected chi connectivity index (χ4v) is 3.93. The van der Waals surface area contributed by atoms with Crippen LogP contribution in [0.2, 0.25) is 0 Å². The monoisotopic (exact) mass is 313 g/mol. The molecular formula is C13H19N3O4S. The maximum atomic E-state index is 12.5. The molecule has 116 valence electrons. The van der Waals surface area contributed by atoms with E-state index in [4.69, 9.17) is 5.73 Å². The van der Waals surface area contributed by atoms with Crippen molar-refractivity contribution in [2.75, 3.05) is 13.1 Å². The highest BCUT2D eigenvalue weighted by Gasteiger charge is 2.30. The van der Waals surface area contributed by atoms with Gasteiger partial charge in [-0.2, -0.15) is 4.31 Å². The molecule has 0 aromatic carbocycles. The highest BCUT2D eigenvalue weighted by molar-refractivity contribution is 7.89. The number of amides is 1. The van der Waals surface area contributed by atoms with Gasteiger partial charge in [0.2, 0.25) is 15.9 Å². The van der Waals surface area contributed by atoms with Crippen molar-refractivity contribution in [2.24, 2.45) is 11.7 Å². The Balaban J connectivity index is 2.37. The minimum atomic E-state index is -3.83. The number of nitrogens with zero attached hydrogens (tertiary/aromatic N) is 2. The summed E-state index contributed by atoms with van der Waals surface area (Å²) in [4.78, 5) is 22.8. The summed E-state index contributed by atoms with van der Waals surface area (Å²) in [5, 5.41) is 0. The maximum absolute atomic E-state index is 12.5. The van der Waals surface area contributed by atoms with Crippen molar-refractivity contribution in [3.05, 3.63) is 28.7 Å². The van der Waals surface area contributed by atoms with E-state index >= 15 is 0 Å². The van der Waals surface area contributed by atoms with Gasteiger partial charge in [0.1, 0.15) is 11.4 Å². The Bertz CT molecular complexity index is 688. The van der Waals surface area contributed by atoms with Gasteiger partial charge in [0.05, 0.1) is 0 Å². The molecule has 0 spiro atoms. The third-order valence-electron chi connectivity index (χ3n) is 3.67. The molecule has 0 atom stereocenters.